The molecule has 1 aromatic carbocycles. The van der Waals surface area contributed by atoms with E-state index in [1.165, 1.54) is 4.90 Å². The minimum atomic E-state index is -4.55. The third-order valence-corrected chi connectivity index (χ3v) is 2.88. The van der Waals surface area contributed by atoms with E-state index in [4.69, 9.17) is 10.9 Å². The Bertz CT molecular complexity index is 486. The number of hydrogen-bond acceptors (Lipinski definition) is 4. The summed E-state index contributed by atoms with van der Waals surface area (Å²) in [4.78, 5) is 13.6. The van der Waals surface area contributed by atoms with E-state index in [0.717, 1.165) is 18.2 Å². The van der Waals surface area contributed by atoms with Crippen LogP contribution in [-0.2, 0) is 6.18 Å². The first-order chi connectivity index (χ1) is 9.85. The van der Waals surface area contributed by atoms with Crippen LogP contribution in [0.4, 0.5) is 18.9 Å². The molecule has 0 bridgehead atoms. The lowest BCUT2D eigenvalue weighted by Crippen LogP contribution is -2.35. The van der Waals surface area contributed by atoms with Gasteiger partial charge in [0, 0.05) is 13.1 Å². The van der Waals surface area contributed by atoms with Crippen molar-refractivity contribution in [3.8, 4) is 0 Å². The quantitative estimate of drug-likeness (QED) is 0.553. The van der Waals surface area contributed by atoms with Gasteiger partial charge in [-0.2, -0.15) is 13.2 Å². The van der Waals surface area contributed by atoms with Crippen molar-refractivity contribution in [3.05, 3.63) is 29.3 Å². The Morgan fingerprint density at radius 1 is 1.38 bits per heavy atom. The zero-order valence-corrected chi connectivity index (χ0v) is 11.6. The number of anilines is 1. The summed E-state index contributed by atoms with van der Waals surface area (Å²) >= 11 is 0. The van der Waals surface area contributed by atoms with Gasteiger partial charge in [0.05, 0.1) is 23.4 Å². The molecular weight excluding hydrogens is 287 g/mol. The molecule has 0 unspecified atom stereocenters. The lowest BCUT2D eigenvalue weighted by molar-refractivity contribution is -0.137. The molecule has 0 aliphatic rings. The van der Waals surface area contributed by atoms with E-state index >= 15 is 0 Å². The maximum Gasteiger partial charge on any atom is 0.416 e. The number of rotatable bonds is 6. The average molecular weight is 305 g/mol. The molecule has 0 aliphatic heterocycles. The molecule has 0 radical (unpaired) electrons. The van der Waals surface area contributed by atoms with Crippen LogP contribution in [0, 0.1) is 0 Å². The SMILES string of the molecule is CCCN(CCO)C(=O)c1cc(C(F)(F)F)ccc1NN. The molecule has 8 heteroatoms. The van der Waals surface area contributed by atoms with Gasteiger partial charge >= 0.3 is 6.18 Å². The van der Waals surface area contributed by atoms with Crippen molar-refractivity contribution in [3.63, 3.8) is 0 Å². The maximum atomic E-state index is 12.7. The van der Waals surface area contributed by atoms with E-state index in [1.807, 2.05) is 6.92 Å². The molecule has 5 nitrogen and oxygen atoms in total. The summed E-state index contributed by atoms with van der Waals surface area (Å²) in [6.45, 7) is 1.94. The number of carbonyl (C=O) groups excluding carboxylic acids is 1. The van der Waals surface area contributed by atoms with Crippen LogP contribution in [0.15, 0.2) is 18.2 Å². The number of nitrogens with one attached hydrogen (secondary N) is 1. The average Bonchev–Trinajstić information content (AvgIpc) is 2.44. The first kappa shape index (κ1) is 17.3. The predicted octanol–water partition coefficient (Wildman–Crippen LogP) is 1.84. The van der Waals surface area contributed by atoms with Gasteiger partial charge in [-0.05, 0) is 24.6 Å². The first-order valence-corrected chi connectivity index (χ1v) is 6.43. The van der Waals surface area contributed by atoms with Crippen molar-refractivity contribution < 1.29 is 23.1 Å². The van der Waals surface area contributed by atoms with E-state index in [2.05, 4.69) is 5.43 Å². The van der Waals surface area contributed by atoms with Gasteiger partial charge in [0.2, 0.25) is 0 Å². The first-order valence-electron chi connectivity index (χ1n) is 6.43. The maximum absolute atomic E-state index is 12.7. The molecule has 0 fully saturated rings. The van der Waals surface area contributed by atoms with E-state index in [1.54, 1.807) is 0 Å². The summed E-state index contributed by atoms with van der Waals surface area (Å²) in [5, 5.41) is 8.96. The molecule has 0 atom stereocenters. The third-order valence-electron chi connectivity index (χ3n) is 2.88. The van der Waals surface area contributed by atoms with Gasteiger partial charge in [-0.25, -0.2) is 0 Å². The van der Waals surface area contributed by atoms with Crippen LogP contribution in [0.5, 0.6) is 0 Å². The van der Waals surface area contributed by atoms with Crippen molar-refractivity contribution >= 4 is 11.6 Å². The van der Waals surface area contributed by atoms with Crippen LogP contribution in [-0.4, -0.2) is 35.6 Å². The number of alkyl halides is 3. The molecule has 0 spiro atoms. The van der Waals surface area contributed by atoms with Crippen LogP contribution in [0.2, 0.25) is 0 Å². The molecule has 118 valence electrons. The molecule has 0 aliphatic carbocycles. The molecular formula is C13H18F3N3O2. The second-order valence-corrected chi connectivity index (χ2v) is 4.42. The lowest BCUT2D eigenvalue weighted by Gasteiger charge is -2.23. The number of aliphatic hydroxyl groups is 1. The number of aliphatic hydroxyl groups excluding tert-OH is 1. The van der Waals surface area contributed by atoms with Crippen molar-refractivity contribution in [2.24, 2.45) is 5.84 Å². The summed E-state index contributed by atoms with van der Waals surface area (Å²) in [6, 6.07) is 2.72. The zero-order valence-electron chi connectivity index (χ0n) is 11.6. The van der Waals surface area contributed by atoms with E-state index < -0.39 is 17.6 Å². The number of nitrogen functional groups attached to an aromatic ring is 1. The van der Waals surface area contributed by atoms with Crippen LogP contribution >= 0.6 is 0 Å². The standard InChI is InChI=1S/C13H18F3N3O2/c1-2-5-19(6-7-20)12(21)10-8-9(13(14,15)16)3-4-11(10)18-17/h3-4,8,18,20H,2,5-7,17H2,1H3. The summed E-state index contributed by atoms with van der Waals surface area (Å²) in [5.74, 6) is 4.64. The molecule has 0 saturated heterocycles. The fourth-order valence-corrected chi connectivity index (χ4v) is 1.90. The summed E-state index contributed by atoms with van der Waals surface area (Å²) in [7, 11) is 0. The zero-order chi connectivity index (χ0) is 16.0. The number of nitrogens with two attached hydrogens (primary N) is 1. The predicted molar refractivity (Wildman–Crippen MR) is 72.5 cm³/mol. The van der Waals surface area contributed by atoms with Crippen molar-refractivity contribution in [1.82, 2.24) is 4.90 Å². The van der Waals surface area contributed by atoms with E-state index in [-0.39, 0.29) is 24.4 Å². The normalized spacial score (nSPS) is 11.3. The smallest absolute Gasteiger partial charge is 0.395 e. The second-order valence-electron chi connectivity index (χ2n) is 4.42. The Morgan fingerprint density at radius 2 is 2.05 bits per heavy atom. The van der Waals surface area contributed by atoms with Crippen LogP contribution in [0.1, 0.15) is 29.3 Å². The fourth-order valence-electron chi connectivity index (χ4n) is 1.90. The fraction of sp³-hybridized carbons (Fsp3) is 0.462. The molecule has 4 N–H and O–H groups in total. The molecule has 1 aromatic rings. The molecule has 0 aromatic heterocycles. The molecule has 21 heavy (non-hydrogen) atoms. The van der Waals surface area contributed by atoms with Crippen LogP contribution in [0.3, 0.4) is 0 Å². The van der Waals surface area contributed by atoms with Gasteiger partial charge in [-0.15, -0.1) is 0 Å². The number of nitrogens with zero attached hydrogens (tertiary/aromatic N) is 1. The van der Waals surface area contributed by atoms with Crippen LogP contribution < -0.4 is 11.3 Å². The topological polar surface area (TPSA) is 78.6 Å². The van der Waals surface area contributed by atoms with Gasteiger partial charge in [0.25, 0.3) is 5.91 Å². The third kappa shape index (κ3) is 4.33. The lowest BCUT2D eigenvalue weighted by atomic mass is 10.1. The van der Waals surface area contributed by atoms with Crippen LogP contribution in [0.25, 0.3) is 0 Å². The molecule has 0 saturated carbocycles. The highest BCUT2D eigenvalue weighted by molar-refractivity contribution is 5.99. The Kier molecular flexibility index (Phi) is 5.98. The highest BCUT2D eigenvalue weighted by atomic mass is 19.4. The Balaban J connectivity index is 3.21. The van der Waals surface area contributed by atoms with E-state index in [0.29, 0.717) is 13.0 Å². The monoisotopic (exact) mass is 305 g/mol. The number of hydrazine groups is 1. The molecule has 1 rings (SSSR count). The Hall–Kier alpha value is -1.80. The highest BCUT2D eigenvalue weighted by Crippen LogP contribution is 2.32. The Morgan fingerprint density at radius 3 is 2.52 bits per heavy atom. The Labute approximate surface area is 120 Å². The second kappa shape index (κ2) is 7.28. The number of amides is 1. The summed E-state index contributed by atoms with van der Waals surface area (Å²) in [5.41, 5.74) is 1.22. The minimum absolute atomic E-state index is 0.0485. The summed E-state index contributed by atoms with van der Waals surface area (Å²) < 4.78 is 38.2. The van der Waals surface area contributed by atoms with Gasteiger partial charge in [-0.3, -0.25) is 10.6 Å². The molecule has 1 amide bonds. The van der Waals surface area contributed by atoms with E-state index in [9.17, 15) is 18.0 Å². The van der Waals surface area contributed by atoms with Gasteiger partial charge in [0.15, 0.2) is 0 Å². The number of hydrogen-bond donors (Lipinski definition) is 3. The largest absolute Gasteiger partial charge is 0.416 e. The van der Waals surface area contributed by atoms with Gasteiger partial charge < -0.3 is 15.4 Å². The minimum Gasteiger partial charge on any atom is -0.395 e. The van der Waals surface area contributed by atoms with Gasteiger partial charge in [0.1, 0.15) is 0 Å². The number of benzene rings is 1. The van der Waals surface area contributed by atoms with Crippen molar-refractivity contribution in [2.75, 3.05) is 25.1 Å². The highest BCUT2D eigenvalue weighted by Gasteiger charge is 2.32. The number of carbonyl (C=O) groups is 1. The summed E-state index contributed by atoms with van der Waals surface area (Å²) in [6.07, 6.45) is -3.93. The molecule has 0 heterocycles. The number of halogens is 3. The van der Waals surface area contributed by atoms with Crippen molar-refractivity contribution in [1.29, 1.82) is 0 Å². The van der Waals surface area contributed by atoms with Gasteiger partial charge in [-0.1, -0.05) is 6.92 Å². The van der Waals surface area contributed by atoms with Crippen molar-refractivity contribution in [2.45, 2.75) is 19.5 Å².